The summed E-state index contributed by atoms with van der Waals surface area (Å²) < 4.78 is 0. The zero-order valence-electron chi connectivity index (χ0n) is 15.4. The molecule has 0 radical (unpaired) electrons. The molecular formula is C23H27N. The molecule has 0 aliphatic heterocycles. The molecule has 124 valence electrons. The summed E-state index contributed by atoms with van der Waals surface area (Å²) in [6.45, 7) is 11.3. The fourth-order valence-electron chi connectivity index (χ4n) is 3.80. The van der Waals surface area contributed by atoms with Gasteiger partial charge in [0.1, 0.15) is 0 Å². The van der Waals surface area contributed by atoms with Crippen molar-refractivity contribution in [2.45, 2.75) is 40.2 Å². The summed E-state index contributed by atoms with van der Waals surface area (Å²) >= 11 is 0. The lowest BCUT2D eigenvalue weighted by Gasteiger charge is -2.31. The van der Waals surface area contributed by atoms with Crippen LogP contribution in [0.3, 0.4) is 0 Å². The Hall–Kier alpha value is -2.28. The van der Waals surface area contributed by atoms with Crippen LogP contribution in [-0.4, -0.2) is 0 Å². The molecule has 24 heavy (non-hydrogen) atoms. The van der Waals surface area contributed by atoms with Crippen LogP contribution in [0.1, 0.15) is 45.7 Å². The number of hydrogen-bond acceptors (Lipinski definition) is 1. The highest BCUT2D eigenvalue weighted by Crippen LogP contribution is 2.41. The number of benzene rings is 2. The van der Waals surface area contributed by atoms with E-state index in [0.29, 0.717) is 5.92 Å². The highest BCUT2D eigenvalue weighted by atomic mass is 15.0. The molecule has 1 heteroatoms. The number of hydrogen-bond donors (Lipinski definition) is 1. The SMILES string of the molecule is CC1=CC(C)C(c2ccccc2C(C)(C)Nc2ccccc2)=C1C. The van der Waals surface area contributed by atoms with Crippen molar-refractivity contribution in [3.8, 4) is 0 Å². The van der Waals surface area contributed by atoms with Crippen LogP contribution in [0.4, 0.5) is 5.69 Å². The first kappa shape index (κ1) is 16.6. The van der Waals surface area contributed by atoms with E-state index in [1.54, 1.807) is 0 Å². The third-order valence-electron chi connectivity index (χ3n) is 5.07. The van der Waals surface area contributed by atoms with Crippen molar-refractivity contribution in [1.29, 1.82) is 0 Å². The van der Waals surface area contributed by atoms with Crippen molar-refractivity contribution < 1.29 is 0 Å². The van der Waals surface area contributed by atoms with Crippen LogP contribution in [-0.2, 0) is 5.54 Å². The maximum atomic E-state index is 3.70. The largest absolute Gasteiger partial charge is 0.376 e. The maximum absolute atomic E-state index is 3.70. The molecule has 0 heterocycles. The van der Waals surface area contributed by atoms with E-state index in [1.165, 1.54) is 27.8 Å². The molecule has 1 unspecified atom stereocenters. The topological polar surface area (TPSA) is 12.0 Å². The fourth-order valence-corrected chi connectivity index (χ4v) is 3.80. The molecule has 1 aliphatic rings. The van der Waals surface area contributed by atoms with Crippen molar-refractivity contribution in [3.05, 3.63) is 82.9 Å². The van der Waals surface area contributed by atoms with E-state index in [-0.39, 0.29) is 5.54 Å². The van der Waals surface area contributed by atoms with Gasteiger partial charge < -0.3 is 5.32 Å². The lowest BCUT2D eigenvalue weighted by Crippen LogP contribution is -2.29. The maximum Gasteiger partial charge on any atom is 0.0575 e. The Morgan fingerprint density at radius 1 is 0.875 bits per heavy atom. The van der Waals surface area contributed by atoms with Gasteiger partial charge in [0.05, 0.1) is 5.54 Å². The molecule has 1 N–H and O–H groups in total. The number of nitrogens with one attached hydrogen (secondary N) is 1. The van der Waals surface area contributed by atoms with Crippen LogP contribution in [0.5, 0.6) is 0 Å². The minimum absolute atomic E-state index is 0.151. The van der Waals surface area contributed by atoms with Gasteiger partial charge in [-0.1, -0.05) is 61.0 Å². The molecular weight excluding hydrogens is 290 g/mol. The van der Waals surface area contributed by atoms with Crippen molar-refractivity contribution in [2.75, 3.05) is 5.32 Å². The third kappa shape index (κ3) is 3.03. The highest BCUT2D eigenvalue weighted by Gasteiger charge is 2.28. The summed E-state index contributed by atoms with van der Waals surface area (Å²) in [5.41, 5.74) is 8.00. The van der Waals surface area contributed by atoms with E-state index in [2.05, 4.69) is 101 Å². The first-order chi connectivity index (χ1) is 11.4. The highest BCUT2D eigenvalue weighted by molar-refractivity contribution is 5.80. The van der Waals surface area contributed by atoms with Gasteiger partial charge in [0, 0.05) is 11.6 Å². The van der Waals surface area contributed by atoms with Crippen LogP contribution >= 0.6 is 0 Å². The third-order valence-corrected chi connectivity index (χ3v) is 5.07. The Labute approximate surface area is 146 Å². The van der Waals surface area contributed by atoms with Gasteiger partial charge in [-0.15, -0.1) is 0 Å². The van der Waals surface area contributed by atoms with Crippen LogP contribution in [0, 0.1) is 5.92 Å². The fraction of sp³-hybridized carbons (Fsp3) is 0.304. The van der Waals surface area contributed by atoms with E-state index >= 15 is 0 Å². The second-order valence-corrected chi connectivity index (χ2v) is 7.34. The first-order valence-corrected chi connectivity index (χ1v) is 8.73. The van der Waals surface area contributed by atoms with Gasteiger partial charge in [0.25, 0.3) is 0 Å². The molecule has 0 amide bonds. The molecule has 2 aromatic rings. The van der Waals surface area contributed by atoms with Crippen LogP contribution < -0.4 is 5.32 Å². The van der Waals surface area contributed by atoms with Gasteiger partial charge in [-0.05, 0) is 62.1 Å². The van der Waals surface area contributed by atoms with Gasteiger partial charge in [0.2, 0.25) is 0 Å². The molecule has 0 spiro atoms. The van der Waals surface area contributed by atoms with E-state index in [0.717, 1.165) is 5.69 Å². The first-order valence-electron chi connectivity index (χ1n) is 8.73. The van der Waals surface area contributed by atoms with Gasteiger partial charge in [-0.25, -0.2) is 0 Å². The van der Waals surface area contributed by atoms with Crippen LogP contribution in [0.2, 0.25) is 0 Å². The van der Waals surface area contributed by atoms with Crippen LogP contribution in [0.15, 0.2) is 71.8 Å². The Kier molecular flexibility index (Phi) is 4.36. The summed E-state index contributed by atoms with van der Waals surface area (Å²) in [7, 11) is 0. The zero-order valence-corrected chi connectivity index (χ0v) is 15.4. The number of rotatable bonds is 4. The Morgan fingerprint density at radius 3 is 2.12 bits per heavy atom. The lowest BCUT2D eigenvalue weighted by atomic mass is 9.83. The van der Waals surface area contributed by atoms with Gasteiger partial charge >= 0.3 is 0 Å². The summed E-state index contributed by atoms with van der Waals surface area (Å²) in [4.78, 5) is 0. The van der Waals surface area contributed by atoms with E-state index in [1.807, 2.05) is 0 Å². The molecule has 0 fully saturated rings. The summed E-state index contributed by atoms with van der Waals surface area (Å²) in [6.07, 6.45) is 2.37. The Balaban J connectivity index is 2.04. The smallest absolute Gasteiger partial charge is 0.0575 e. The Bertz CT molecular complexity index is 794. The minimum atomic E-state index is -0.151. The van der Waals surface area contributed by atoms with E-state index in [9.17, 15) is 0 Å². The molecule has 1 atom stereocenters. The summed E-state index contributed by atoms with van der Waals surface area (Å²) in [5.74, 6) is 0.471. The number of anilines is 1. The quantitative estimate of drug-likeness (QED) is 0.687. The lowest BCUT2D eigenvalue weighted by molar-refractivity contribution is 0.607. The minimum Gasteiger partial charge on any atom is -0.376 e. The van der Waals surface area contributed by atoms with E-state index in [4.69, 9.17) is 0 Å². The monoisotopic (exact) mass is 317 g/mol. The second kappa shape index (κ2) is 6.32. The standard InChI is InChI=1S/C23H27N/c1-16-15-17(2)22(18(16)3)20-13-9-10-14-21(20)23(4,5)24-19-11-7-6-8-12-19/h6-15,17,24H,1-5H3. The van der Waals surface area contributed by atoms with Crippen molar-refractivity contribution in [1.82, 2.24) is 0 Å². The molecule has 1 nitrogen and oxygen atoms in total. The van der Waals surface area contributed by atoms with Crippen LogP contribution in [0.25, 0.3) is 5.57 Å². The predicted octanol–water partition coefficient (Wildman–Crippen LogP) is 6.40. The second-order valence-electron chi connectivity index (χ2n) is 7.34. The van der Waals surface area contributed by atoms with Gasteiger partial charge in [0.15, 0.2) is 0 Å². The zero-order chi connectivity index (χ0) is 17.3. The number of allylic oxidation sites excluding steroid dienone is 4. The Morgan fingerprint density at radius 2 is 1.50 bits per heavy atom. The average molecular weight is 317 g/mol. The molecule has 0 saturated heterocycles. The average Bonchev–Trinajstić information content (AvgIpc) is 2.80. The molecule has 2 aromatic carbocycles. The van der Waals surface area contributed by atoms with E-state index < -0.39 is 0 Å². The van der Waals surface area contributed by atoms with Crippen molar-refractivity contribution in [2.24, 2.45) is 5.92 Å². The summed E-state index contributed by atoms with van der Waals surface area (Å²) in [5, 5.41) is 3.70. The van der Waals surface area contributed by atoms with Crippen molar-refractivity contribution in [3.63, 3.8) is 0 Å². The van der Waals surface area contributed by atoms with Crippen molar-refractivity contribution >= 4 is 11.3 Å². The number of para-hydroxylation sites is 1. The van der Waals surface area contributed by atoms with Gasteiger partial charge in [-0.3, -0.25) is 0 Å². The summed E-state index contributed by atoms with van der Waals surface area (Å²) in [6, 6.07) is 19.3. The molecule has 3 rings (SSSR count). The molecule has 0 aromatic heterocycles. The molecule has 0 saturated carbocycles. The van der Waals surface area contributed by atoms with Gasteiger partial charge in [-0.2, -0.15) is 0 Å². The molecule has 1 aliphatic carbocycles. The predicted molar refractivity (Wildman–Crippen MR) is 105 cm³/mol. The molecule has 0 bridgehead atoms. The normalized spacial score (nSPS) is 17.9.